The molecule has 2 rings (SSSR count). The number of nitrogens with one attached hydrogen (secondary N) is 1. The monoisotopic (exact) mass is 303 g/mol. The molecule has 1 aromatic carbocycles. The largest absolute Gasteiger partial charge is 0.311 e. The summed E-state index contributed by atoms with van der Waals surface area (Å²) in [5.74, 6) is 0. The van der Waals surface area contributed by atoms with E-state index < -0.39 is 0 Å². The second kappa shape index (κ2) is 6.51. The van der Waals surface area contributed by atoms with Crippen molar-refractivity contribution >= 4 is 35.0 Å². The lowest BCUT2D eigenvalue weighted by Gasteiger charge is -2.27. The minimum atomic E-state index is 0.436. The topological polar surface area (TPSA) is 12.0 Å². The maximum absolute atomic E-state index is 6.18. The molecule has 1 aromatic rings. The molecule has 0 unspecified atom stereocenters. The summed E-state index contributed by atoms with van der Waals surface area (Å²) in [5, 5.41) is 4.85. The molecule has 1 saturated carbocycles. The Kier molecular flexibility index (Phi) is 5.25. The zero-order valence-corrected chi connectivity index (χ0v) is 13.0. The van der Waals surface area contributed by atoms with Crippen LogP contribution in [-0.4, -0.2) is 17.5 Å². The summed E-state index contributed by atoms with van der Waals surface area (Å²) < 4.78 is 0.436. The van der Waals surface area contributed by atoms with Gasteiger partial charge in [0.25, 0.3) is 0 Å². The first-order valence-electron chi connectivity index (χ1n) is 6.36. The van der Waals surface area contributed by atoms with Crippen LogP contribution in [0.3, 0.4) is 0 Å². The minimum Gasteiger partial charge on any atom is -0.311 e. The van der Waals surface area contributed by atoms with Gasteiger partial charge in [0, 0.05) is 17.8 Å². The van der Waals surface area contributed by atoms with E-state index in [0.717, 1.165) is 18.7 Å². The van der Waals surface area contributed by atoms with Crippen LogP contribution >= 0.6 is 35.0 Å². The standard InChI is InChI=1S/C14H19Cl2NS/c1-18-14(7-2-3-8-14)10-17-9-11-5-4-6-12(15)13(11)16/h4-6,17H,2-3,7-10H2,1H3. The van der Waals surface area contributed by atoms with Crippen LogP contribution in [0, 0.1) is 0 Å². The van der Waals surface area contributed by atoms with E-state index in [1.807, 2.05) is 30.0 Å². The smallest absolute Gasteiger partial charge is 0.0637 e. The summed E-state index contributed by atoms with van der Waals surface area (Å²) in [5.41, 5.74) is 1.08. The van der Waals surface area contributed by atoms with Gasteiger partial charge < -0.3 is 5.32 Å². The third kappa shape index (κ3) is 3.36. The van der Waals surface area contributed by atoms with E-state index in [1.54, 1.807) is 0 Å². The molecule has 4 heteroatoms. The second-order valence-electron chi connectivity index (χ2n) is 4.91. The predicted octanol–water partition coefficient (Wildman–Crippen LogP) is 4.76. The fourth-order valence-electron chi connectivity index (χ4n) is 2.58. The van der Waals surface area contributed by atoms with Crippen LogP contribution in [0.4, 0.5) is 0 Å². The first kappa shape index (κ1) is 14.5. The van der Waals surface area contributed by atoms with Gasteiger partial charge in [-0.1, -0.05) is 48.2 Å². The Labute approximate surface area is 124 Å². The molecule has 0 radical (unpaired) electrons. The van der Waals surface area contributed by atoms with Crippen molar-refractivity contribution in [1.29, 1.82) is 0 Å². The first-order valence-corrected chi connectivity index (χ1v) is 8.34. The maximum atomic E-state index is 6.18. The van der Waals surface area contributed by atoms with Crippen molar-refractivity contribution in [3.8, 4) is 0 Å². The quantitative estimate of drug-likeness (QED) is 0.842. The summed E-state index contributed by atoms with van der Waals surface area (Å²) in [4.78, 5) is 0. The lowest BCUT2D eigenvalue weighted by molar-refractivity contribution is 0.534. The molecule has 0 atom stereocenters. The highest BCUT2D eigenvalue weighted by Gasteiger charge is 2.32. The molecule has 1 N–H and O–H groups in total. The SMILES string of the molecule is CSC1(CNCc2cccc(Cl)c2Cl)CCCC1. The maximum Gasteiger partial charge on any atom is 0.0637 e. The highest BCUT2D eigenvalue weighted by atomic mass is 35.5. The van der Waals surface area contributed by atoms with E-state index >= 15 is 0 Å². The Hall–Kier alpha value is 0.110. The second-order valence-corrected chi connectivity index (χ2v) is 6.97. The van der Waals surface area contributed by atoms with Gasteiger partial charge in [-0.15, -0.1) is 0 Å². The van der Waals surface area contributed by atoms with Gasteiger partial charge in [-0.3, -0.25) is 0 Å². The van der Waals surface area contributed by atoms with E-state index in [1.165, 1.54) is 25.7 Å². The average Bonchev–Trinajstić information content (AvgIpc) is 2.84. The summed E-state index contributed by atoms with van der Waals surface area (Å²) >= 11 is 14.2. The zero-order chi connectivity index (χ0) is 13.0. The van der Waals surface area contributed by atoms with E-state index in [-0.39, 0.29) is 0 Å². The number of rotatable bonds is 5. The van der Waals surface area contributed by atoms with Gasteiger partial charge in [-0.25, -0.2) is 0 Å². The Balaban J connectivity index is 1.90. The fraction of sp³-hybridized carbons (Fsp3) is 0.571. The lowest BCUT2D eigenvalue weighted by Crippen LogP contribution is -2.34. The number of thioether (sulfide) groups is 1. The summed E-state index contributed by atoms with van der Waals surface area (Å²) in [6.45, 7) is 1.85. The van der Waals surface area contributed by atoms with Gasteiger partial charge in [0.1, 0.15) is 0 Å². The van der Waals surface area contributed by atoms with Crippen LogP contribution in [0.25, 0.3) is 0 Å². The normalized spacial score (nSPS) is 18.2. The molecular formula is C14H19Cl2NS. The van der Waals surface area contributed by atoms with Crippen LogP contribution in [0.2, 0.25) is 10.0 Å². The molecule has 100 valence electrons. The number of halogens is 2. The fourth-order valence-corrected chi connectivity index (χ4v) is 3.91. The molecule has 1 nitrogen and oxygen atoms in total. The lowest BCUT2D eigenvalue weighted by atomic mass is 10.1. The number of benzene rings is 1. The molecule has 1 fully saturated rings. The third-order valence-corrected chi connectivity index (χ3v) is 6.02. The summed E-state index contributed by atoms with van der Waals surface area (Å²) in [6, 6.07) is 5.81. The molecule has 0 saturated heterocycles. The summed E-state index contributed by atoms with van der Waals surface area (Å²) in [7, 11) is 0. The van der Waals surface area contributed by atoms with Crippen LogP contribution in [0.15, 0.2) is 18.2 Å². The van der Waals surface area contributed by atoms with Gasteiger partial charge in [0.15, 0.2) is 0 Å². The van der Waals surface area contributed by atoms with Gasteiger partial charge >= 0.3 is 0 Å². The highest BCUT2D eigenvalue weighted by molar-refractivity contribution is 8.00. The molecular weight excluding hydrogens is 285 g/mol. The predicted molar refractivity (Wildman–Crippen MR) is 82.9 cm³/mol. The van der Waals surface area contributed by atoms with Gasteiger partial charge in [-0.2, -0.15) is 11.8 Å². The minimum absolute atomic E-state index is 0.436. The molecule has 18 heavy (non-hydrogen) atoms. The molecule has 0 spiro atoms. The Morgan fingerprint density at radius 1 is 1.28 bits per heavy atom. The van der Waals surface area contributed by atoms with Gasteiger partial charge in [0.2, 0.25) is 0 Å². The first-order chi connectivity index (χ1) is 8.67. The van der Waals surface area contributed by atoms with Gasteiger partial charge in [0.05, 0.1) is 10.0 Å². The molecule has 0 bridgehead atoms. The van der Waals surface area contributed by atoms with E-state index in [2.05, 4.69) is 11.6 Å². The van der Waals surface area contributed by atoms with Crippen molar-refractivity contribution in [1.82, 2.24) is 5.32 Å². The van der Waals surface area contributed by atoms with E-state index in [4.69, 9.17) is 23.2 Å². The molecule has 1 aliphatic rings. The number of hydrogen-bond acceptors (Lipinski definition) is 2. The molecule has 0 heterocycles. The third-order valence-electron chi connectivity index (χ3n) is 3.74. The van der Waals surface area contributed by atoms with Crippen LogP contribution in [0.1, 0.15) is 31.2 Å². The molecule has 0 aliphatic heterocycles. The van der Waals surface area contributed by atoms with Crippen molar-refractivity contribution in [3.63, 3.8) is 0 Å². The van der Waals surface area contributed by atoms with E-state index in [9.17, 15) is 0 Å². The molecule has 0 aromatic heterocycles. The van der Waals surface area contributed by atoms with Crippen LogP contribution in [-0.2, 0) is 6.54 Å². The van der Waals surface area contributed by atoms with Crippen molar-refractivity contribution in [2.75, 3.05) is 12.8 Å². The van der Waals surface area contributed by atoms with Crippen molar-refractivity contribution in [3.05, 3.63) is 33.8 Å². The van der Waals surface area contributed by atoms with Gasteiger partial charge in [-0.05, 0) is 30.7 Å². The Morgan fingerprint density at radius 3 is 2.67 bits per heavy atom. The van der Waals surface area contributed by atoms with Crippen molar-refractivity contribution in [2.24, 2.45) is 0 Å². The Bertz CT molecular complexity index is 403. The van der Waals surface area contributed by atoms with Crippen molar-refractivity contribution < 1.29 is 0 Å². The van der Waals surface area contributed by atoms with E-state index in [0.29, 0.717) is 14.8 Å². The Morgan fingerprint density at radius 2 is 2.00 bits per heavy atom. The molecule has 0 amide bonds. The number of hydrogen-bond donors (Lipinski definition) is 1. The average molecular weight is 304 g/mol. The highest BCUT2D eigenvalue weighted by Crippen LogP contribution is 2.39. The van der Waals surface area contributed by atoms with Crippen LogP contribution in [0.5, 0.6) is 0 Å². The zero-order valence-electron chi connectivity index (χ0n) is 10.6. The molecule has 1 aliphatic carbocycles. The van der Waals surface area contributed by atoms with Crippen molar-refractivity contribution in [2.45, 2.75) is 37.0 Å². The summed E-state index contributed by atoms with van der Waals surface area (Å²) in [6.07, 6.45) is 7.59. The van der Waals surface area contributed by atoms with Crippen LogP contribution < -0.4 is 5.32 Å².